The zero-order chi connectivity index (χ0) is 7.14. The van der Waals surface area contributed by atoms with Crippen LogP contribution in [0.3, 0.4) is 0 Å². The average Bonchev–Trinajstić information content (AvgIpc) is 2.67. The zero-order valence-corrected chi connectivity index (χ0v) is 5.82. The summed E-state index contributed by atoms with van der Waals surface area (Å²) in [4.78, 5) is 11.1. The minimum atomic E-state index is 0.00231. The van der Waals surface area contributed by atoms with E-state index in [0.717, 1.165) is 12.8 Å². The molecule has 1 saturated carbocycles. The third-order valence-corrected chi connectivity index (χ3v) is 1.79. The normalized spacial score (nSPS) is 17.7. The first-order valence-electron chi connectivity index (χ1n) is 3.39. The molecule has 0 saturated heterocycles. The minimum Gasteiger partial charge on any atom is -0.278 e. The molecule has 0 aromatic carbocycles. The van der Waals surface area contributed by atoms with Gasteiger partial charge < -0.3 is 0 Å². The van der Waals surface area contributed by atoms with Crippen molar-refractivity contribution < 1.29 is 0 Å². The van der Waals surface area contributed by atoms with E-state index in [4.69, 9.17) is 0 Å². The summed E-state index contributed by atoms with van der Waals surface area (Å²) in [5.74, 6) is 0. The average molecular weight is 139 g/mol. The van der Waals surface area contributed by atoms with Gasteiger partial charge in [0.1, 0.15) is 6.33 Å². The van der Waals surface area contributed by atoms with Crippen LogP contribution in [-0.4, -0.2) is 14.3 Å². The summed E-state index contributed by atoms with van der Waals surface area (Å²) in [7, 11) is 1.67. The fourth-order valence-electron chi connectivity index (χ4n) is 1.00. The molecule has 0 amide bonds. The lowest BCUT2D eigenvalue weighted by molar-refractivity contribution is 0.666. The van der Waals surface area contributed by atoms with Crippen molar-refractivity contribution in [2.75, 3.05) is 0 Å². The Hall–Kier alpha value is -1.06. The van der Waals surface area contributed by atoms with Crippen molar-refractivity contribution in [3.63, 3.8) is 0 Å². The fourth-order valence-corrected chi connectivity index (χ4v) is 1.00. The van der Waals surface area contributed by atoms with Crippen LogP contribution in [0.1, 0.15) is 18.9 Å². The summed E-state index contributed by atoms with van der Waals surface area (Å²) >= 11 is 0. The molecule has 10 heavy (non-hydrogen) atoms. The van der Waals surface area contributed by atoms with Gasteiger partial charge in [0.2, 0.25) is 0 Å². The summed E-state index contributed by atoms with van der Waals surface area (Å²) in [6.07, 6.45) is 3.87. The third kappa shape index (κ3) is 0.683. The van der Waals surface area contributed by atoms with Gasteiger partial charge in [-0.15, -0.1) is 0 Å². The van der Waals surface area contributed by atoms with Crippen LogP contribution >= 0.6 is 0 Å². The number of hydrogen-bond acceptors (Lipinski definition) is 2. The van der Waals surface area contributed by atoms with E-state index in [-0.39, 0.29) is 5.69 Å². The number of hydrogen-bond donors (Lipinski definition) is 0. The zero-order valence-electron chi connectivity index (χ0n) is 5.82. The Balaban J connectivity index is 2.50. The van der Waals surface area contributed by atoms with Gasteiger partial charge in [-0.2, -0.15) is 5.10 Å². The van der Waals surface area contributed by atoms with Crippen molar-refractivity contribution in [3.05, 3.63) is 16.8 Å². The lowest BCUT2D eigenvalue weighted by atomic mass is 10.7. The summed E-state index contributed by atoms with van der Waals surface area (Å²) in [5.41, 5.74) is 0.00231. The van der Waals surface area contributed by atoms with Gasteiger partial charge in [-0.1, -0.05) is 0 Å². The highest BCUT2D eigenvalue weighted by Crippen LogP contribution is 2.32. The monoisotopic (exact) mass is 139 g/mol. The fraction of sp³-hybridized carbons (Fsp3) is 0.667. The van der Waals surface area contributed by atoms with Crippen molar-refractivity contribution in [1.82, 2.24) is 14.3 Å². The van der Waals surface area contributed by atoms with Crippen LogP contribution in [0, 0.1) is 0 Å². The molecule has 1 aromatic rings. The molecule has 1 fully saturated rings. The van der Waals surface area contributed by atoms with Crippen LogP contribution in [0.15, 0.2) is 11.1 Å². The topological polar surface area (TPSA) is 39.8 Å². The van der Waals surface area contributed by atoms with Gasteiger partial charge in [0, 0.05) is 13.1 Å². The van der Waals surface area contributed by atoms with Gasteiger partial charge in [0.15, 0.2) is 0 Å². The Morgan fingerprint density at radius 3 is 2.80 bits per heavy atom. The van der Waals surface area contributed by atoms with E-state index >= 15 is 0 Å². The third-order valence-electron chi connectivity index (χ3n) is 1.79. The number of aromatic nitrogens is 3. The molecule has 0 bridgehead atoms. The molecule has 2 rings (SSSR count). The number of nitrogens with zero attached hydrogens (tertiary/aromatic N) is 3. The molecule has 1 aliphatic carbocycles. The molecule has 0 N–H and O–H groups in total. The molecule has 1 heterocycles. The molecule has 4 nitrogen and oxygen atoms in total. The van der Waals surface area contributed by atoms with Crippen molar-refractivity contribution in [3.8, 4) is 0 Å². The highest BCUT2D eigenvalue weighted by atomic mass is 16.2. The summed E-state index contributed by atoms with van der Waals surface area (Å²) in [5, 5.41) is 3.84. The summed E-state index contributed by atoms with van der Waals surface area (Å²) in [6.45, 7) is 0. The Morgan fingerprint density at radius 2 is 2.40 bits per heavy atom. The van der Waals surface area contributed by atoms with E-state index in [1.807, 2.05) is 0 Å². The van der Waals surface area contributed by atoms with E-state index < -0.39 is 0 Å². The van der Waals surface area contributed by atoms with Crippen molar-refractivity contribution in [2.45, 2.75) is 18.9 Å². The molecule has 0 radical (unpaired) electrons. The van der Waals surface area contributed by atoms with E-state index in [2.05, 4.69) is 5.10 Å². The van der Waals surface area contributed by atoms with E-state index in [9.17, 15) is 4.79 Å². The molecule has 0 atom stereocenters. The van der Waals surface area contributed by atoms with Crippen molar-refractivity contribution in [2.24, 2.45) is 7.05 Å². The van der Waals surface area contributed by atoms with Gasteiger partial charge in [0.05, 0.1) is 0 Å². The quantitative estimate of drug-likeness (QED) is 0.545. The first kappa shape index (κ1) is 5.70. The predicted octanol–water partition coefficient (Wildman–Crippen LogP) is -0.0833. The Kier molecular flexibility index (Phi) is 0.977. The molecule has 54 valence electrons. The van der Waals surface area contributed by atoms with E-state index in [1.165, 1.54) is 4.68 Å². The van der Waals surface area contributed by atoms with Crippen LogP contribution in [-0.2, 0) is 7.05 Å². The summed E-state index contributed by atoms with van der Waals surface area (Å²) in [6, 6.07) is 0.446. The van der Waals surface area contributed by atoms with Gasteiger partial charge in [-0.05, 0) is 12.8 Å². The van der Waals surface area contributed by atoms with Crippen molar-refractivity contribution in [1.29, 1.82) is 0 Å². The van der Waals surface area contributed by atoms with Gasteiger partial charge in [-0.3, -0.25) is 4.57 Å². The molecule has 0 aliphatic heterocycles. The second-order valence-corrected chi connectivity index (χ2v) is 2.68. The van der Waals surface area contributed by atoms with E-state index in [1.54, 1.807) is 17.9 Å². The molecule has 0 spiro atoms. The smallest absolute Gasteiger partial charge is 0.278 e. The maximum Gasteiger partial charge on any atom is 0.345 e. The number of rotatable bonds is 1. The van der Waals surface area contributed by atoms with Crippen LogP contribution in [0.25, 0.3) is 0 Å². The van der Waals surface area contributed by atoms with Crippen LogP contribution in [0.2, 0.25) is 0 Å². The van der Waals surface area contributed by atoms with Gasteiger partial charge in [-0.25, -0.2) is 9.48 Å². The molecule has 1 aromatic heterocycles. The highest BCUT2D eigenvalue weighted by molar-refractivity contribution is 4.84. The molecular weight excluding hydrogens is 130 g/mol. The largest absolute Gasteiger partial charge is 0.345 e. The predicted molar refractivity (Wildman–Crippen MR) is 35.7 cm³/mol. The highest BCUT2D eigenvalue weighted by Gasteiger charge is 2.25. The second kappa shape index (κ2) is 1.71. The second-order valence-electron chi connectivity index (χ2n) is 2.68. The first-order valence-corrected chi connectivity index (χ1v) is 3.39. The van der Waals surface area contributed by atoms with Crippen LogP contribution in [0.5, 0.6) is 0 Å². The maximum atomic E-state index is 11.1. The Morgan fingerprint density at radius 1 is 1.70 bits per heavy atom. The lowest BCUT2D eigenvalue weighted by Crippen LogP contribution is -2.21. The van der Waals surface area contributed by atoms with Gasteiger partial charge >= 0.3 is 5.69 Å². The van der Waals surface area contributed by atoms with Crippen LogP contribution in [0.4, 0.5) is 0 Å². The van der Waals surface area contributed by atoms with Gasteiger partial charge in [0.25, 0.3) is 0 Å². The molecule has 4 heteroatoms. The first-order chi connectivity index (χ1) is 4.79. The SMILES string of the molecule is Cn1ncn(C2CC2)c1=O. The standard InChI is InChI=1S/C6H9N3O/c1-8-6(10)9(4-7-8)5-2-3-5/h4-5H,2-3H2,1H3. The molecular formula is C6H9N3O. The lowest BCUT2D eigenvalue weighted by Gasteiger charge is -1.90. The Labute approximate surface area is 58.1 Å². The summed E-state index contributed by atoms with van der Waals surface area (Å²) < 4.78 is 3.05. The van der Waals surface area contributed by atoms with Crippen LogP contribution < -0.4 is 5.69 Å². The van der Waals surface area contributed by atoms with E-state index in [0.29, 0.717) is 6.04 Å². The maximum absolute atomic E-state index is 11.1. The number of aryl methyl sites for hydroxylation is 1. The molecule has 1 aliphatic rings. The van der Waals surface area contributed by atoms with Crippen molar-refractivity contribution >= 4 is 0 Å². The Bertz CT molecular complexity index is 294. The minimum absolute atomic E-state index is 0.00231. The molecule has 0 unspecified atom stereocenters.